The lowest BCUT2D eigenvalue weighted by atomic mass is 10.1. The van der Waals surface area contributed by atoms with Crippen molar-refractivity contribution in [3.05, 3.63) is 131 Å². The van der Waals surface area contributed by atoms with E-state index < -0.39 is 5.97 Å². The van der Waals surface area contributed by atoms with Crippen molar-refractivity contribution in [1.82, 2.24) is 0 Å². The minimum absolute atomic E-state index is 0.272. The van der Waals surface area contributed by atoms with Gasteiger partial charge in [-0.25, -0.2) is 4.79 Å². The highest BCUT2D eigenvalue weighted by Gasteiger charge is 2.26. The fourth-order valence-electron chi connectivity index (χ4n) is 4.34. The zero-order valence-corrected chi connectivity index (χ0v) is 21.0. The molecule has 0 spiro atoms. The van der Waals surface area contributed by atoms with Gasteiger partial charge in [0.05, 0.1) is 5.70 Å². The maximum Gasteiger partial charge on any atom is 0.346 e. The zero-order chi connectivity index (χ0) is 26.2. The largest absolute Gasteiger partial charge is 0.477 e. The summed E-state index contributed by atoms with van der Waals surface area (Å²) in [5.74, 6) is -1.22. The first-order valence-electron chi connectivity index (χ1n) is 12.1. The second-order valence-electron chi connectivity index (χ2n) is 8.89. The van der Waals surface area contributed by atoms with Gasteiger partial charge in [0.2, 0.25) is 0 Å². The van der Waals surface area contributed by atoms with E-state index in [0.717, 1.165) is 45.9 Å². The normalized spacial score (nSPS) is 14.7. The van der Waals surface area contributed by atoms with Crippen LogP contribution in [0.5, 0.6) is 0 Å². The maximum atomic E-state index is 11.7. The lowest BCUT2D eigenvalue weighted by Gasteiger charge is -2.28. The van der Waals surface area contributed by atoms with E-state index in [1.165, 1.54) is 6.08 Å². The molecule has 0 fully saturated rings. The highest BCUT2D eigenvalue weighted by Crippen LogP contribution is 2.41. The predicted octanol–water partition coefficient (Wildman–Crippen LogP) is 7.11. The molecule has 0 amide bonds. The maximum absolute atomic E-state index is 11.7. The van der Waals surface area contributed by atoms with Gasteiger partial charge in [0.25, 0.3) is 0 Å². The Bertz CT molecular complexity index is 1370. The second-order valence-corrected chi connectivity index (χ2v) is 8.89. The topological polar surface area (TPSA) is 67.6 Å². The third-order valence-electron chi connectivity index (χ3n) is 6.19. The first-order valence-corrected chi connectivity index (χ1v) is 12.1. The minimum atomic E-state index is -1.22. The molecular formula is C32H29N3O2. The summed E-state index contributed by atoms with van der Waals surface area (Å²) in [6.07, 6.45) is 9.07. The average Bonchev–Trinajstić information content (AvgIpc) is 3.30. The number of carboxylic acids is 1. The molecule has 1 aliphatic carbocycles. The van der Waals surface area contributed by atoms with Crippen LogP contribution in [0.25, 0.3) is 6.08 Å². The van der Waals surface area contributed by atoms with Gasteiger partial charge in [0, 0.05) is 31.2 Å². The molecule has 3 aromatic rings. The van der Waals surface area contributed by atoms with Gasteiger partial charge in [-0.3, -0.25) is 0 Å². The second kappa shape index (κ2) is 11.7. The van der Waals surface area contributed by atoms with Crippen molar-refractivity contribution in [2.75, 3.05) is 23.9 Å². The number of anilines is 3. The SMILES string of the molecule is CN(C)c1ccc(/C=C/C=C2\CCC(/C=C(\C#N)C(=O)O)=C2N(c2ccccc2)c2ccccc2)cc1. The molecular weight excluding hydrogens is 458 g/mol. The Morgan fingerprint density at radius 1 is 0.865 bits per heavy atom. The van der Waals surface area contributed by atoms with Crippen molar-refractivity contribution in [2.45, 2.75) is 12.8 Å². The van der Waals surface area contributed by atoms with E-state index >= 15 is 0 Å². The van der Waals surface area contributed by atoms with Gasteiger partial charge in [0.1, 0.15) is 11.6 Å². The quantitative estimate of drug-likeness (QED) is 0.271. The minimum Gasteiger partial charge on any atom is -0.477 e. The van der Waals surface area contributed by atoms with Crippen LogP contribution in [0.15, 0.2) is 126 Å². The van der Waals surface area contributed by atoms with E-state index in [-0.39, 0.29) is 5.57 Å². The molecule has 0 atom stereocenters. The van der Waals surface area contributed by atoms with Crippen LogP contribution in [0, 0.1) is 11.3 Å². The summed E-state index contributed by atoms with van der Waals surface area (Å²) in [5.41, 5.74) is 6.67. The number of benzene rings is 3. The van der Waals surface area contributed by atoms with Crippen LogP contribution in [-0.2, 0) is 4.79 Å². The molecule has 0 bridgehead atoms. The molecule has 37 heavy (non-hydrogen) atoms. The van der Waals surface area contributed by atoms with Crippen LogP contribution in [0.2, 0.25) is 0 Å². The Labute approximate surface area is 218 Å². The molecule has 1 aliphatic rings. The molecule has 0 saturated heterocycles. The van der Waals surface area contributed by atoms with Gasteiger partial charge in [-0.2, -0.15) is 5.26 Å². The molecule has 0 heterocycles. The summed E-state index contributed by atoms with van der Waals surface area (Å²) in [6, 6.07) is 30.1. The fraction of sp³-hybridized carbons (Fsp3) is 0.125. The fourth-order valence-corrected chi connectivity index (χ4v) is 4.34. The molecule has 0 aliphatic heterocycles. The standard InChI is InChI=1S/C32H29N3O2/c1-34(2)28-20-16-24(17-21-28)10-9-11-25-18-19-26(22-27(23-33)32(36)37)31(25)35(29-12-5-3-6-13-29)30-14-7-4-8-15-30/h3-17,20-22H,18-19H2,1-2H3,(H,36,37)/b10-9+,25-11+,27-22+. The Balaban J connectivity index is 1.82. The van der Waals surface area contributed by atoms with Gasteiger partial charge in [0.15, 0.2) is 0 Å². The number of carbonyl (C=O) groups is 1. The lowest BCUT2D eigenvalue weighted by Crippen LogP contribution is -2.17. The van der Waals surface area contributed by atoms with Crippen LogP contribution >= 0.6 is 0 Å². The number of hydrogen-bond acceptors (Lipinski definition) is 4. The predicted molar refractivity (Wildman–Crippen MR) is 151 cm³/mol. The summed E-state index contributed by atoms with van der Waals surface area (Å²) in [5, 5.41) is 19.0. The molecule has 3 aromatic carbocycles. The van der Waals surface area contributed by atoms with E-state index in [9.17, 15) is 15.2 Å². The monoisotopic (exact) mass is 487 g/mol. The van der Waals surface area contributed by atoms with Gasteiger partial charge in [-0.15, -0.1) is 0 Å². The molecule has 1 N–H and O–H groups in total. The highest BCUT2D eigenvalue weighted by molar-refractivity contribution is 5.92. The molecule has 184 valence electrons. The number of nitriles is 1. The van der Waals surface area contributed by atoms with E-state index in [1.807, 2.05) is 86.9 Å². The van der Waals surface area contributed by atoms with E-state index in [2.05, 4.69) is 46.2 Å². The van der Waals surface area contributed by atoms with E-state index in [1.54, 1.807) is 0 Å². The molecule has 0 radical (unpaired) electrons. The van der Waals surface area contributed by atoms with Crippen LogP contribution < -0.4 is 9.80 Å². The van der Waals surface area contributed by atoms with Crippen molar-refractivity contribution in [1.29, 1.82) is 5.26 Å². The number of hydrogen-bond donors (Lipinski definition) is 1. The summed E-state index contributed by atoms with van der Waals surface area (Å²) in [6.45, 7) is 0. The smallest absolute Gasteiger partial charge is 0.346 e. The number of allylic oxidation sites excluding steroid dienone is 5. The van der Waals surface area contributed by atoms with Crippen molar-refractivity contribution >= 4 is 29.1 Å². The van der Waals surface area contributed by atoms with Gasteiger partial charge < -0.3 is 14.9 Å². The van der Waals surface area contributed by atoms with Crippen molar-refractivity contribution in [2.24, 2.45) is 0 Å². The van der Waals surface area contributed by atoms with Crippen molar-refractivity contribution < 1.29 is 9.90 Å². The average molecular weight is 488 g/mol. The number of para-hydroxylation sites is 2. The Morgan fingerprint density at radius 2 is 1.46 bits per heavy atom. The Hall–Kier alpha value is -4.82. The number of aliphatic carboxylic acids is 1. The highest BCUT2D eigenvalue weighted by atomic mass is 16.4. The van der Waals surface area contributed by atoms with Crippen LogP contribution in [0.3, 0.4) is 0 Å². The molecule has 4 rings (SSSR count). The molecule has 0 aromatic heterocycles. The zero-order valence-electron chi connectivity index (χ0n) is 21.0. The molecule has 0 saturated carbocycles. The van der Waals surface area contributed by atoms with Crippen molar-refractivity contribution in [3.63, 3.8) is 0 Å². The van der Waals surface area contributed by atoms with Gasteiger partial charge in [-0.05, 0) is 72.0 Å². The third-order valence-corrected chi connectivity index (χ3v) is 6.19. The van der Waals surface area contributed by atoms with Crippen molar-refractivity contribution in [3.8, 4) is 6.07 Å². The molecule has 0 unspecified atom stereocenters. The van der Waals surface area contributed by atoms with Crippen LogP contribution in [0.1, 0.15) is 18.4 Å². The van der Waals surface area contributed by atoms with E-state index in [0.29, 0.717) is 6.42 Å². The summed E-state index contributed by atoms with van der Waals surface area (Å²) >= 11 is 0. The molecule has 5 heteroatoms. The number of nitrogens with zero attached hydrogens (tertiary/aromatic N) is 3. The van der Waals surface area contributed by atoms with E-state index in [4.69, 9.17) is 0 Å². The Morgan fingerprint density at radius 3 is 1.97 bits per heavy atom. The lowest BCUT2D eigenvalue weighted by molar-refractivity contribution is -0.132. The van der Waals surface area contributed by atoms with Crippen LogP contribution in [-0.4, -0.2) is 25.2 Å². The first-order chi connectivity index (χ1) is 18.0. The number of carboxylic acid groups (broad SMARTS) is 1. The van der Waals surface area contributed by atoms with Gasteiger partial charge in [-0.1, -0.05) is 66.8 Å². The first kappa shape index (κ1) is 25.3. The van der Waals surface area contributed by atoms with Gasteiger partial charge >= 0.3 is 5.97 Å². The molecule has 5 nitrogen and oxygen atoms in total. The van der Waals surface area contributed by atoms with Crippen LogP contribution in [0.4, 0.5) is 17.1 Å². The number of rotatable bonds is 8. The Kier molecular flexibility index (Phi) is 8.02. The summed E-state index contributed by atoms with van der Waals surface area (Å²) < 4.78 is 0. The summed E-state index contributed by atoms with van der Waals surface area (Å²) in [7, 11) is 4.03. The summed E-state index contributed by atoms with van der Waals surface area (Å²) in [4.78, 5) is 15.9. The third kappa shape index (κ3) is 6.06.